The molecule has 1 aromatic heterocycles. The molecule has 0 fully saturated rings. The van der Waals surface area contributed by atoms with E-state index in [4.69, 9.17) is 10.6 Å². The van der Waals surface area contributed by atoms with Crippen LogP contribution in [-0.2, 0) is 17.7 Å². The molecule has 0 radical (unpaired) electrons. The Kier molecular flexibility index (Phi) is 4.90. The maximum atomic E-state index is 5.60. The van der Waals surface area contributed by atoms with Gasteiger partial charge >= 0.3 is 0 Å². The summed E-state index contributed by atoms with van der Waals surface area (Å²) < 4.78 is 7.14. The van der Waals surface area contributed by atoms with E-state index in [2.05, 4.69) is 29.6 Å². The monoisotopic (exact) mass is 262 g/mol. The summed E-state index contributed by atoms with van der Waals surface area (Å²) in [6.07, 6.45) is 1.69. The third-order valence-corrected chi connectivity index (χ3v) is 3.38. The van der Waals surface area contributed by atoms with E-state index in [-0.39, 0.29) is 6.04 Å². The Labute approximate surface area is 113 Å². The van der Waals surface area contributed by atoms with Crippen molar-refractivity contribution in [2.75, 3.05) is 13.7 Å². The van der Waals surface area contributed by atoms with Crippen molar-refractivity contribution >= 4 is 10.9 Å². The molecule has 0 amide bonds. The maximum absolute atomic E-state index is 5.60. The summed E-state index contributed by atoms with van der Waals surface area (Å²) in [5.74, 6) is 5.60. The number of hydrazine groups is 1. The zero-order valence-corrected chi connectivity index (χ0v) is 11.6. The average molecular weight is 262 g/mol. The SMILES string of the molecule is CCn1nc(CC(CCOC)NN)c2ccccc21. The van der Waals surface area contributed by atoms with Gasteiger partial charge in [-0.2, -0.15) is 5.10 Å². The molecule has 2 rings (SSSR count). The van der Waals surface area contributed by atoms with Crippen molar-refractivity contribution in [3.8, 4) is 0 Å². The van der Waals surface area contributed by atoms with E-state index >= 15 is 0 Å². The molecule has 1 atom stereocenters. The standard InChI is InChI=1S/C14H22N4O/c1-3-18-14-7-5-4-6-12(14)13(17-18)10-11(16-15)8-9-19-2/h4-7,11,16H,3,8-10,15H2,1-2H3. The van der Waals surface area contributed by atoms with Gasteiger partial charge in [0, 0.05) is 38.1 Å². The molecule has 0 spiro atoms. The highest BCUT2D eigenvalue weighted by atomic mass is 16.5. The van der Waals surface area contributed by atoms with Crippen LogP contribution < -0.4 is 11.3 Å². The first-order chi connectivity index (χ1) is 9.30. The quantitative estimate of drug-likeness (QED) is 0.586. The summed E-state index contributed by atoms with van der Waals surface area (Å²) in [5.41, 5.74) is 5.12. The number of nitrogens with two attached hydrogens (primary N) is 1. The minimum absolute atomic E-state index is 0.184. The second kappa shape index (κ2) is 6.65. The third-order valence-electron chi connectivity index (χ3n) is 3.38. The molecule has 1 unspecified atom stereocenters. The number of hydrogen-bond donors (Lipinski definition) is 2. The smallest absolute Gasteiger partial charge is 0.0719 e. The Morgan fingerprint density at radius 1 is 1.42 bits per heavy atom. The number of para-hydroxylation sites is 1. The molecular formula is C14H22N4O. The van der Waals surface area contributed by atoms with Crippen molar-refractivity contribution < 1.29 is 4.74 Å². The van der Waals surface area contributed by atoms with Crippen molar-refractivity contribution in [2.45, 2.75) is 32.4 Å². The largest absolute Gasteiger partial charge is 0.385 e. The molecule has 2 aromatic rings. The number of nitrogens with zero attached hydrogens (tertiary/aromatic N) is 2. The zero-order valence-electron chi connectivity index (χ0n) is 11.6. The topological polar surface area (TPSA) is 65.1 Å². The summed E-state index contributed by atoms with van der Waals surface area (Å²) >= 11 is 0. The predicted molar refractivity (Wildman–Crippen MR) is 76.7 cm³/mol. The number of hydrogen-bond acceptors (Lipinski definition) is 4. The summed E-state index contributed by atoms with van der Waals surface area (Å²) in [5, 5.41) is 5.89. The van der Waals surface area contributed by atoms with E-state index in [1.807, 2.05) is 16.8 Å². The van der Waals surface area contributed by atoms with Crippen LogP contribution in [0.3, 0.4) is 0 Å². The van der Waals surface area contributed by atoms with Crippen LogP contribution in [0.25, 0.3) is 10.9 Å². The average Bonchev–Trinajstić information content (AvgIpc) is 2.81. The van der Waals surface area contributed by atoms with Gasteiger partial charge in [-0.05, 0) is 19.4 Å². The van der Waals surface area contributed by atoms with Crippen molar-refractivity contribution in [3.05, 3.63) is 30.0 Å². The number of ether oxygens (including phenoxy) is 1. The third kappa shape index (κ3) is 3.12. The van der Waals surface area contributed by atoms with Gasteiger partial charge in [0.1, 0.15) is 0 Å². The summed E-state index contributed by atoms with van der Waals surface area (Å²) in [4.78, 5) is 0. The molecule has 104 valence electrons. The minimum atomic E-state index is 0.184. The normalized spacial score (nSPS) is 13.0. The van der Waals surface area contributed by atoms with Crippen molar-refractivity contribution in [1.82, 2.24) is 15.2 Å². The number of methoxy groups -OCH3 is 1. The van der Waals surface area contributed by atoms with Gasteiger partial charge in [0.25, 0.3) is 0 Å². The first-order valence-corrected chi connectivity index (χ1v) is 6.69. The molecule has 0 saturated carbocycles. The molecule has 1 heterocycles. The van der Waals surface area contributed by atoms with Gasteiger partial charge in [0.05, 0.1) is 11.2 Å². The molecule has 19 heavy (non-hydrogen) atoms. The Balaban J connectivity index is 2.24. The Morgan fingerprint density at radius 2 is 2.21 bits per heavy atom. The van der Waals surface area contributed by atoms with Crippen LogP contribution in [0.4, 0.5) is 0 Å². The molecule has 5 nitrogen and oxygen atoms in total. The van der Waals surface area contributed by atoms with Gasteiger partial charge in [-0.3, -0.25) is 16.0 Å². The molecule has 0 aliphatic heterocycles. The van der Waals surface area contributed by atoms with Crippen LogP contribution in [0.2, 0.25) is 0 Å². The first kappa shape index (κ1) is 14.0. The Bertz CT molecular complexity index is 523. The molecular weight excluding hydrogens is 240 g/mol. The zero-order chi connectivity index (χ0) is 13.7. The van der Waals surface area contributed by atoms with Crippen molar-refractivity contribution in [2.24, 2.45) is 5.84 Å². The highest BCUT2D eigenvalue weighted by Gasteiger charge is 2.14. The maximum Gasteiger partial charge on any atom is 0.0719 e. The molecule has 0 bridgehead atoms. The predicted octanol–water partition coefficient (Wildman–Crippen LogP) is 1.47. The van der Waals surface area contributed by atoms with E-state index < -0.39 is 0 Å². The number of benzene rings is 1. The number of nitrogens with one attached hydrogen (secondary N) is 1. The van der Waals surface area contributed by atoms with Gasteiger partial charge in [0.2, 0.25) is 0 Å². The fourth-order valence-corrected chi connectivity index (χ4v) is 2.33. The lowest BCUT2D eigenvalue weighted by molar-refractivity contribution is 0.182. The lowest BCUT2D eigenvalue weighted by atomic mass is 10.1. The second-order valence-corrected chi connectivity index (χ2v) is 4.63. The van der Waals surface area contributed by atoms with Crippen LogP contribution in [-0.4, -0.2) is 29.5 Å². The van der Waals surface area contributed by atoms with E-state index in [0.29, 0.717) is 6.61 Å². The van der Waals surface area contributed by atoms with E-state index in [0.717, 1.165) is 25.1 Å². The molecule has 0 aliphatic rings. The minimum Gasteiger partial charge on any atom is -0.385 e. The van der Waals surface area contributed by atoms with Crippen LogP contribution >= 0.6 is 0 Å². The molecule has 0 aliphatic carbocycles. The van der Waals surface area contributed by atoms with E-state index in [1.165, 1.54) is 10.9 Å². The fraction of sp³-hybridized carbons (Fsp3) is 0.500. The van der Waals surface area contributed by atoms with E-state index in [9.17, 15) is 0 Å². The van der Waals surface area contributed by atoms with Gasteiger partial charge < -0.3 is 4.74 Å². The number of rotatable bonds is 7. The number of fused-ring (bicyclic) bond motifs is 1. The van der Waals surface area contributed by atoms with Gasteiger partial charge in [-0.25, -0.2) is 0 Å². The van der Waals surface area contributed by atoms with Gasteiger partial charge in [0.15, 0.2) is 0 Å². The number of aryl methyl sites for hydroxylation is 1. The lowest BCUT2D eigenvalue weighted by Gasteiger charge is -2.13. The van der Waals surface area contributed by atoms with Crippen LogP contribution in [0.1, 0.15) is 19.0 Å². The molecule has 1 aromatic carbocycles. The van der Waals surface area contributed by atoms with Crippen molar-refractivity contribution in [3.63, 3.8) is 0 Å². The summed E-state index contributed by atoms with van der Waals surface area (Å²) in [7, 11) is 1.70. The molecule has 0 saturated heterocycles. The Hall–Kier alpha value is -1.43. The first-order valence-electron chi connectivity index (χ1n) is 6.69. The van der Waals surface area contributed by atoms with Gasteiger partial charge in [-0.1, -0.05) is 18.2 Å². The summed E-state index contributed by atoms with van der Waals surface area (Å²) in [6.45, 7) is 3.67. The van der Waals surface area contributed by atoms with Crippen LogP contribution in [0.5, 0.6) is 0 Å². The lowest BCUT2D eigenvalue weighted by Crippen LogP contribution is -2.37. The fourth-order valence-electron chi connectivity index (χ4n) is 2.33. The van der Waals surface area contributed by atoms with Crippen LogP contribution in [0.15, 0.2) is 24.3 Å². The number of aromatic nitrogens is 2. The Morgan fingerprint density at radius 3 is 2.89 bits per heavy atom. The molecule has 3 N–H and O–H groups in total. The van der Waals surface area contributed by atoms with E-state index in [1.54, 1.807) is 7.11 Å². The van der Waals surface area contributed by atoms with Gasteiger partial charge in [-0.15, -0.1) is 0 Å². The summed E-state index contributed by atoms with van der Waals surface area (Å²) in [6, 6.07) is 8.50. The highest BCUT2D eigenvalue weighted by Crippen LogP contribution is 2.20. The molecule has 5 heteroatoms. The second-order valence-electron chi connectivity index (χ2n) is 4.63. The van der Waals surface area contributed by atoms with Crippen LogP contribution in [0, 0.1) is 0 Å². The highest BCUT2D eigenvalue weighted by molar-refractivity contribution is 5.82. The van der Waals surface area contributed by atoms with Crippen molar-refractivity contribution in [1.29, 1.82) is 0 Å².